The summed E-state index contributed by atoms with van der Waals surface area (Å²) in [5, 5.41) is 7.29. The Hall–Kier alpha value is -3.04. The summed E-state index contributed by atoms with van der Waals surface area (Å²) in [4.78, 5) is 43.7. The number of amides is 2. The van der Waals surface area contributed by atoms with Gasteiger partial charge in [-0.3, -0.25) is 19.1 Å². The molecule has 3 N–H and O–H groups in total. The molecule has 2 amide bonds. The first-order valence-electron chi connectivity index (χ1n) is 14.5. The molecule has 1 aliphatic carbocycles. The fourth-order valence-electron chi connectivity index (χ4n) is 5.90. The molecule has 0 spiro atoms. The highest BCUT2D eigenvalue weighted by atomic mass is 16.2. The third-order valence-electron chi connectivity index (χ3n) is 8.61. The second kappa shape index (κ2) is 13.3. The Kier molecular flexibility index (Phi) is 9.91. The predicted molar refractivity (Wildman–Crippen MR) is 152 cm³/mol. The fourth-order valence-corrected chi connectivity index (χ4v) is 5.90. The molecule has 0 bridgehead atoms. The molecule has 2 fully saturated rings. The van der Waals surface area contributed by atoms with E-state index in [2.05, 4.69) is 22.4 Å². The Morgan fingerprint density at radius 3 is 2.33 bits per heavy atom. The molecule has 4 rings (SSSR count). The molecule has 1 aromatic carbocycles. The van der Waals surface area contributed by atoms with Gasteiger partial charge in [-0.25, -0.2) is 0 Å². The summed E-state index contributed by atoms with van der Waals surface area (Å²) in [5.74, 6) is -0.510. The third kappa shape index (κ3) is 7.13. The van der Waals surface area contributed by atoms with E-state index in [1.54, 1.807) is 16.9 Å². The predicted octanol–water partition coefficient (Wildman–Crippen LogP) is 3.52. The molecule has 39 heavy (non-hydrogen) atoms. The number of benzene rings is 1. The molecule has 212 valence electrons. The fraction of sp³-hybridized carbons (Fsp3) is 0.600. The van der Waals surface area contributed by atoms with Crippen molar-refractivity contribution >= 4 is 23.3 Å². The van der Waals surface area contributed by atoms with Crippen molar-refractivity contribution in [1.82, 2.24) is 19.6 Å². The van der Waals surface area contributed by atoms with Crippen molar-refractivity contribution in [3.63, 3.8) is 0 Å². The van der Waals surface area contributed by atoms with Gasteiger partial charge in [-0.2, -0.15) is 5.10 Å². The van der Waals surface area contributed by atoms with E-state index in [1.165, 1.54) is 6.42 Å². The van der Waals surface area contributed by atoms with Crippen LogP contribution in [0.1, 0.15) is 74.3 Å². The Morgan fingerprint density at radius 1 is 1.03 bits per heavy atom. The molecule has 0 radical (unpaired) electrons. The zero-order chi connectivity index (χ0) is 27.9. The molecule has 2 aromatic rings. The average Bonchev–Trinajstić information content (AvgIpc) is 3.45. The number of carbonyl (C=O) groups is 3. The van der Waals surface area contributed by atoms with E-state index in [0.717, 1.165) is 44.3 Å². The van der Waals surface area contributed by atoms with Gasteiger partial charge in [-0.05, 0) is 56.5 Å². The van der Waals surface area contributed by atoms with Gasteiger partial charge < -0.3 is 20.9 Å². The Bertz CT molecular complexity index is 1120. The van der Waals surface area contributed by atoms with E-state index in [4.69, 9.17) is 5.73 Å². The van der Waals surface area contributed by atoms with Crippen LogP contribution in [0.5, 0.6) is 0 Å². The number of aryl methyl sites for hydroxylation is 1. The average molecular weight is 537 g/mol. The largest absolute Gasteiger partial charge is 0.339 e. The first kappa shape index (κ1) is 29.0. The van der Waals surface area contributed by atoms with Gasteiger partial charge in [-0.1, -0.05) is 38.3 Å². The minimum atomic E-state index is -0.618. The van der Waals surface area contributed by atoms with Crippen molar-refractivity contribution in [2.45, 2.75) is 70.9 Å². The summed E-state index contributed by atoms with van der Waals surface area (Å²) in [6, 6.07) is 8.70. The summed E-state index contributed by atoms with van der Waals surface area (Å²) in [6.07, 6.45) is 7.12. The summed E-state index contributed by atoms with van der Waals surface area (Å²) in [6.45, 7) is 7.66. The lowest BCUT2D eigenvalue weighted by molar-refractivity contribution is -0.134. The molecule has 1 saturated carbocycles. The first-order valence-corrected chi connectivity index (χ1v) is 14.5. The Morgan fingerprint density at radius 2 is 1.69 bits per heavy atom. The van der Waals surface area contributed by atoms with Gasteiger partial charge in [0, 0.05) is 62.9 Å². The van der Waals surface area contributed by atoms with Gasteiger partial charge in [0.2, 0.25) is 11.8 Å². The number of anilines is 1. The molecule has 0 unspecified atom stereocenters. The molecule has 9 nitrogen and oxygen atoms in total. The topological polar surface area (TPSA) is 114 Å². The van der Waals surface area contributed by atoms with Crippen molar-refractivity contribution in [2.75, 3.05) is 38.5 Å². The zero-order valence-electron chi connectivity index (χ0n) is 23.6. The standard InChI is InChI=1S/C30H44N6O3/c1-4-36-26(14-15-32-36)27(37)20-25(23-8-6-5-7-9-23)29(38)33-24-12-10-22(11-13-24)21(2)28(31)30(39)35-18-16-34(3)17-19-35/h10-15,21,23,25,28H,4-9,16-20,31H2,1-3H3,(H,33,38)/t21-,25-,28+/m0/s1. The number of hydrogen-bond acceptors (Lipinski definition) is 6. The lowest BCUT2D eigenvalue weighted by Crippen LogP contribution is -2.53. The Labute approximate surface area is 232 Å². The van der Waals surface area contributed by atoms with Crippen LogP contribution in [-0.4, -0.2) is 76.4 Å². The van der Waals surface area contributed by atoms with E-state index >= 15 is 0 Å². The number of rotatable bonds is 10. The summed E-state index contributed by atoms with van der Waals surface area (Å²) in [7, 11) is 2.06. The maximum atomic E-state index is 13.5. The number of aromatic nitrogens is 2. The van der Waals surface area contributed by atoms with Gasteiger partial charge in [0.1, 0.15) is 5.69 Å². The third-order valence-corrected chi connectivity index (χ3v) is 8.61. The van der Waals surface area contributed by atoms with Gasteiger partial charge in [0.25, 0.3) is 0 Å². The van der Waals surface area contributed by atoms with Crippen LogP contribution in [0.4, 0.5) is 5.69 Å². The van der Waals surface area contributed by atoms with Crippen molar-refractivity contribution < 1.29 is 14.4 Å². The minimum Gasteiger partial charge on any atom is -0.339 e. The quantitative estimate of drug-likeness (QED) is 0.449. The van der Waals surface area contributed by atoms with Gasteiger partial charge in [-0.15, -0.1) is 0 Å². The number of nitrogens with zero attached hydrogens (tertiary/aromatic N) is 4. The summed E-state index contributed by atoms with van der Waals surface area (Å²) in [5.41, 5.74) is 8.59. The molecular weight excluding hydrogens is 492 g/mol. The van der Waals surface area contributed by atoms with Crippen LogP contribution in [-0.2, 0) is 16.1 Å². The minimum absolute atomic E-state index is 0.0163. The molecule has 2 heterocycles. The van der Waals surface area contributed by atoms with Crippen LogP contribution in [0.2, 0.25) is 0 Å². The van der Waals surface area contributed by atoms with Crippen molar-refractivity contribution in [1.29, 1.82) is 0 Å². The molecule has 1 aromatic heterocycles. The van der Waals surface area contributed by atoms with Gasteiger partial charge >= 0.3 is 0 Å². The normalized spacial score (nSPS) is 19.3. The van der Waals surface area contributed by atoms with Crippen LogP contribution in [0.3, 0.4) is 0 Å². The SMILES string of the molecule is CCn1nccc1C(=O)C[C@H](C(=O)Nc1ccc([C@H](C)[C@@H](N)C(=O)N2CCN(C)CC2)cc1)C1CCCCC1. The van der Waals surface area contributed by atoms with Gasteiger partial charge in [0.05, 0.1) is 6.04 Å². The van der Waals surface area contributed by atoms with Crippen LogP contribution < -0.4 is 11.1 Å². The number of Topliss-reactive ketones (excluding diaryl/α,β-unsaturated/α-hetero) is 1. The number of nitrogens with one attached hydrogen (secondary N) is 1. The van der Waals surface area contributed by atoms with E-state index < -0.39 is 6.04 Å². The van der Waals surface area contributed by atoms with E-state index in [9.17, 15) is 14.4 Å². The van der Waals surface area contributed by atoms with Crippen LogP contribution in [0.15, 0.2) is 36.5 Å². The smallest absolute Gasteiger partial charge is 0.240 e. The molecule has 9 heteroatoms. The lowest BCUT2D eigenvalue weighted by Gasteiger charge is -2.35. The highest BCUT2D eigenvalue weighted by Crippen LogP contribution is 2.33. The van der Waals surface area contributed by atoms with E-state index in [1.807, 2.05) is 43.0 Å². The van der Waals surface area contributed by atoms with Crippen LogP contribution >= 0.6 is 0 Å². The highest BCUT2D eigenvalue weighted by molar-refractivity contribution is 6.00. The second-order valence-corrected chi connectivity index (χ2v) is 11.2. The van der Waals surface area contributed by atoms with E-state index in [0.29, 0.717) is 31.0 Å². The number of piperazine rings is 1. The number of carbonyl (C=O) groups excluding carboxylic acids is 3. The van der Waals surface area contributed by atoms with E-state index in [-0.39, 0.29) is 41.8 Å². The second-order valence-electron chi connectivity index (χ2n) is 11.2. The Balaban J connectivity index is 1.40. The molecule has 1 aliphatic heterocycles. The molecular formula is C30H44N6O3. The van der Waals surface area contributed by atoms with Gasteiger partial charge in [0.15, 0.2) is 5.78 Å². The number of ketones is 1. The lowest BCUT2D eigenvalue weighted by atomic mass is 9.77. The summed E-state index contributed by atoms with van der Waals surface area (Å²) < 4.78 is 1.69. The number of nitrogens with two attached hydrogens (primary N) is 1. The number of hydrogen-bond donors (Lipinski definition) is 2. The zero-order valence-corrected chi connectivity index (χ0v) is 23.6. The monoisotopic (exact) mass is 536 g/mol. The number of likely N-dealkylation sites (N-methyl/N-ethyl adjacent to an activating group) is 1. The van der Waals surface area contributed by atoms with Crippen LogP contribution in [0, 0.1) is 11.8 Å². The van der Waals surface area contributed by atoms with Crippen LogP contribution in [0.25, 0.3) is 0 Å². The van der Waals surface area contributed by atoms with Crippen molar-refractivity contribution in [3.8, 4) is 0 Å². The highest BCUT2D eigenvalue weighted by Gasteiger charge is 2.33. The first-order chi connectivity index (χ1) is 18.8. The van der Waals surface area contributed by atoms with Crippen molar-refractivity contribution in [2.24, 2.45) is 17.6 Å². The maximum absolute atomic E-state index is 13.5. The van der Waals surface area contributed by atoms with Crippen molar-refractivity contribution in [3.05, 3.63) is 47.8 Å². The molecule has 1 saturated heterocycles. The summed E-state index contributed by atoms with van der Waals surface area (Å²) >= 11 is 0. The molecule has 3 atom stereocenters. The molecule has 2 aliphatic rings. The maximum Gasteiger partial charge on any atom is 0.240 e.